The third-order valence-corrected chi connectivity index (χ3v) is 5.40. The van der Waals surface area contributed by atoms with Gasteiger partial charge in [-0.2, -0.15) is 5.10 Å². The van der Waals surface area contributed by atoms with E-state index in [1.54, 1.807) is 44.4 Å². The van der Waals surface area contributed by atoms with E-state index in [0.29, 0.717) is 35.9 Å². The zero-order valence-corrected chi connectivity index (χ0v) is 18.3. The number of nitrogens with zero attached hydrogens (tertiary/aromatic N) is 3. The number of ether oxygens (including phenoxy) is 1. The van der Waals surface area contributed by atoms with E-state index < -0.39 is 11.9 Å². The highest BCUT2D eigenvalue weighted by Crippen LogP contribution is 2.34. The standard InChI is InChI=1S/C23H25ClFN3O3/c1-3-22(29)27(12-13-31-2)15-23(30)28-21(16-8-10-17(24)11-9-16)14-20(26-28)18-6-4-5-7-19(18)25/h4-11,21H,3,12-15H2,1-2H3/t21-/m0/s1. The Morgan fingerprint density at radius 2 is 1.94 bits per heavy atom. The molecule has 6 nitrogen and oxygen atoms in total. The van der Waals surface area contributed by atoms with Crippen molar-refractivity contribution >= 4 is 29.1 Å². The zero-order valence-electron chi connectivity index (χ0n) is 17.6. The van der Waals surface area contributed by atoms with Crippen LogP contribution in [0.5, 0.6) is 0 Å². The van der Waals surface area contributed by atoms with Gasteiger partial charge in [-0.1, -0.05) is 48.9 Å². The van der Waals surface area contributed by atoms with Crippen LogP contribution in [0.25, 0.3) is 0 Å². The lowest BCUT2D eigenvalue weighted by atomic mass is 9.98. The van der Waals surface area contributed by atoms with Crippen LogP contribution in [0, 0.1) is 5.82 Å². The molecule has 0 saturated carbocycles. The fourth-order valence-corrected chi connectivity index (χ4v) is 3.62. The number of carbonyl (C=O) groups excluding carboxylic acids is 2. The Kier molecular flexibility index (Phi) is 7.76. The molecule has 1 aliphatic heterocycles. The van der Waals surface area contributed by atoms with Crippen molar-refractivity contribution in [3.63, 3.8) is 0 Å². The van der Waals surface area contributed by atoms with Crippen LogP contribution in [0.1, 0.15) is 36.9 Å². The van der Waals surface area contributed by atoms with Crippen molar-refractivity contribution in [3.8, 4) is 0 Å². The van der Waals surface area contributed by atoms with Crippen LogP contribution in [-0.2, 0) is 14.3 Å². The van der Waals surface area contributed by atoms with Crippen LogP contribution < -0.4 is 0 Å². The number of hydrogen-bond acceptors (Lipinski definition) is 4. The Balaban J connectivity index is 1.91. The lowest BCUT2D eigenvalue weighted by molar-refractivity contribution is -0.141. The number of halogens is 2. The molecule has 2 amide bonds. The molecule has 1 atom stereocenters. The van der Waals surface area contributed by atoms with Crippen molar-refractivity contribution in [1.82, 2.24) is 9.91 Å². The molecule has 2 aromatic rings. The van der Waals surface area contributed by atoms with Gasteiger partial charge in [0, 0.05) is 37.1 Å². The number of amides is 2. The predicted molar refractivity (Wildman–Crippen MR) is 117 cm³/mol. The minimum Gasteiger partial charge on any atom is -0.383 e. The summed E-state index contributed by atoms with van der Waals surface area (Å²) in [6, 6.07) is 13.1. The van der Waals surface area contributed by atoms with Crippen LogP contribution in [0.4, 0.5) is 4.39 Å². The van der Waals surface area contributed by atoms with Crippen molar-refractivity contribution in [2.45, 2.75) is 25.8 Å². The van der Waals surface area contributed by atoms with Crippen molar-refractivity contribution in [1.29, 1.82) is 0 Å². The monoisotopic (exact) mass is 445 g/mol. The summed E-state index contributed by atoms with van der Waals surface area (Å²) in [6.07, 6.45) is 0.634. The first kappa shape index (κ1) is 22.9. The highest BCUT2D eigenvalue weighted by atomic mass is 35.5. The maximum Gasteiger partial charge on any atom is 0.262 e. The number of methoxy groups -OCH3 is 1. The molecule has 3 rings (SSSR count). The van der Waals surface area contributed by atoms with Gasteiger partial charge in [-0.3, -0.25) is 9.59 Å². The maximum atomic E-state index is 14.4. The SMILES string of the molecule is CCC(=O)N(CCOC)CC(=O)N1N=C(c2ccccc2F)C[C@H]1c1ccc(Cl)cc1. The number of hydrazone groups is 1. The molecule has 1 heterocycles. The summed E-state index contributed by atoms with van der Waals surface area (Å²) in [4.78, 5) is 27.0. The van der Waals surface area contributed by atoms with E-state index in [0.717, 1.165) is 5.56 Å². The van der Waals surface area contributed by atoms with Gasteiger partial charge in [-0.25, -0.2) is 9.40 Å². The molecule has 164 valence electrons. The first-order chi connectivity index (χ1) is 14.9. The quantitative estimate of drug-likeness (QED) is 0.616. The van der Waals surface area contributed by atoms with E-state index in [9.17, 15) is 14.0 Å². The first-order valence-electron chi connectivity index (χ1n) is 10.1. The summed E-state index contributed by atoms with van der Waals surface area (Å²) in [6.45, 7) is 2.24. The third kappa shape index (κ3) is 5.48. The Bertz CT molecular complexity index is 965. The van der Waals surface area contributed by atoms with E-state index in [1.807, 2.05) is 12.1 Å². The summed E-state index contributed by atoms with van der Waals surface area (Å²) in [7, 11) is 1.54. The van der Waals surface area contributed by atoms with Crippen molar-refractivity contribution in [3.05, 3.63) is 70.5 Å². The second kappa shape index (κ2) is 10.5. The van der Waals surface area contributed by atoms with Gasteiger partial charge in [0.15, 0.2) is 0 Å². The number of rotatable bonds is 8. The lowest BCUT2D eigenvalue weighted by Gasteiger charge is -2.26. The van der Waals surface area contributed by atoms with Gasteiger partial charge in [0.05, 0.1) is 18.4 Å². The average molecular weight is 446 g/mol. The van der Waals surface area contributed by atoms with Gasteiger partial charge in [-0.05, 0) is 23.8 Å². The summed E-state index contributed by atoms with van der Waals surface area (Å²) < 4.78 is 19.4. The van der Waals surface area contributed by atoms with E-state index in [2.05, 4.69) is 5.10 Å². The molecule has 0 radical (unpaired) electrons. The molecular weight excluding hydrogens is 421 g/mol. The summed E-state index contributed by atoms with van der Waals surface area (Å²) in [5.41, 5.74) is 1.67. The lowest BCUT2D eigenvalue weighted by Crippen LogP contribution is -2.42. The Hall–Kier alpha value is -2.77. The molecule has 31 heavy (non-hydrogen) atoms. The molecule has 0 N–H and O–H groups in total. The highest BCUT2D eigenvalue weighted by molar-refractivity contribution is 6.30. The van der Waals surface area contributed by atoms with Crippen LogP contribution in [0.3, 0.4) is 0 Å². The normalized spacial score (nSPS) is 15.7. The summed E-state index contributed by atoms with van der Waals surface area (Å²) in [5, 5.41) is 6.41. The van der Waals surface area contributed by atoms with Crippen molar-refractivity contribution in [2.24, 2.45) is 5.10 Å². The van der Waals surface area contributed by atoms with Crippen LogP contribution >= 0.6 is 11.6 Å². The van der Waals surface area contributed by atoms with Crippen LogP contribution in [0.15, 0.2) is 53.6 Å². The number of benzene rings is 2. The van der Waals surface area contributed by atoms with Crippen LogP contribution in [-0.4, -0.2) is 54.2 Å². The number of carbonyl (C=O) groups is 2. The molecule has 0 unspecified atom stereocenters. The largest absolute Gasteiger partial charge is 0.383 e. The van der Waals surface area contributed by atoms with Gasteiger partial charge >= 0.3 is 0 Å². The fourth-order valence-electron chi connectivity index (χ4n) is 3.50. The van der Waals surface area contributed by atoms with Gasteiger partial charge in [0.25, 0.3) is 5.91 Å². The first-order valence-corrected chi connectivity index (χ1v) is 10.5. The molecule has 1 aliphatic rings. The molecule has 0 aromatic heterocycles. The Morgan fingerprint density at radius 1 is 1.23 bits per heavy atom. The van der Waals surface area contributed by atoms with Gasteiger partial charge in [-0.15, -0.1) is 0 Å². The second-order valence-corrected chi connectivity index (χ2v) is 7.63. The predicted octanol–water partition coefficient (Wildman–Crippen LogP) is 4.04. The third-order valence-electron chi connectivity index (χ3n) is 5.15. The average Bonchev–Trinajstić information content (AvgIpc) is 3.22. The Labute approximate surface area is 186 Å². The molecule has 0 bridgehead atoms. The second-order valence-electron chi connectivity index (χ2n) is 7.20. The zero-order chi connectivity index (χ0) is 22.4. The fraction of sp³-hybridized carbons (Fsp3) is 0.348. The van der Waals surface area contributed by atoms with E-state index in [-0.39, 0.29) is 24.8 Å². The van der Waals surface area contributed by atoms with E-state index in [1.165, 1.54) is 16.0 Å². The minimum atomic E-state index is -0.416. The van der Waals surface area contributed by atoms with E-state index >= 15 is 0 Å². The smallest absolute Gasteiger partial charge is 0.262 e. The summed E-state index contributed by atoms with van der Waals surface area (Å²) >= 11 is 6.02. The highest BCUT2D eigenvalue weighted by Gasteiger charge is 2.34. The molecular formula is C23H25ClFN3O3. The molecule has 8 heteroatoms. The van der Waals surface area contributed by atoms with Crippen molar-refractivity contribution in [2.75, 3.05) is 26.8 Å². The van der Waals surface area contributed by atoms with Crippen LogP contribution in [0.2, 0.25) is 5.02 Å². The molecule has 0 aliphatic carbocycles. The van der Waals surface area contributed by atoms with E-state index in [4.69, 9.17) is 16.3 Å². The number of hydrogen-bond donors (Lipinski definition) is 0. The molecule has 2 aromatic carbocycles. The van der Waals surface area contributed by atoms with Gasteiger partial charge in [0.1, 0.15) is 12.4 Å². The maximum absolute atomic E-state index is 14.4. The minimum absolute atomic E-state index is 0.131. The van der Waals surface area contributed by atoms with Gasteiger partial charge < -0.3 is 9.64 Å². The topological polar surface area (TPSA) is 62.2 Å². The van der Waals surface area contributed by atoms with Crippen molar-refractivity contribution < 1.29 is 18.7 Å². The molecule has 0 saturated heterocycles. The van der Waals surface area contributed by atoms with Gasteiger partial charge in [0.2, 0.25) is 5.91 Å². The summed E-state index contributed by atoms with van der Waals surface area (Å²) in [5.74, 6) is -0.886. The molecule has 0 fully saturated rings. The molecule has 0 spiro atoms. The Morgan fingerprint density at radius 3 is 2.58 bits per heavy atom.